The molecule has 1 aromatic heterocycles. The van der Waals surface area contributed by atoms with Crippen LogP contribution in [0.3, 0.4) is 0 Å². The van der Waals surface area contributed by atoms with Crippen LogP contribution in [0.5, 0.6) is 5.75 Å². The monoisotopic (exact) mass is 456 g/mol. The number of rotatable bonds is 6. The van der Waals surface area contributed by atoms with Crippen molar-refractivity contribution in [3.8, 4) is 11.4 Å². The zero-order chi connectivity index (χ0) is 22.8. The molecule has 0 fully saturated rings. The molecule has 0 aliphatic heterocycles. The average molecular weight is 457 g/mol. The second-order valence-corrected chi connectivity index (χ2v) is 7.38. The molecule has 31 heavy (non-hydrogen) atoms. The van der Waals surface area contributed by atoms with Gasteiger partial charge in [-0.15, -0.1) is 5.10 Å². The van der Waals surface area contributed by atoms with Crippen LogP contribution in [-0.2, 0) is 6.18 Å². The third-order valence-electron chi connectivity index (χ3n) is 3.99. The fourth-order valence-electron chi connectivity index (χ4n) is 2.59. The topological polar surface area (TPSA) is 69.0 Å². The number of carbonyl (C=O) groups is 1. The van der Waals surface area contributed by atoms with E-state index in [-0.39, 0.29) is 22.3 Å². The molecule has 3 rings (SSSR count). The molecule has 0 saturated heterocycles. The lowest BCUT2D eigenvalue weighted by Gasteiger charge is -2.13. The number of halogens is 5. The van der Waals surface area contributed by atoms with Crippen LogP contribution >= 0.6 is 11.6 Å². The summed E-state index contributed by atoms with van der Waals surface area (Å²) in [7, 11) is 0. The van der Waals surface area contributed by atoms with Gasteiger partial charge in [-0.1, -0.05) is 30.7 Å². The molecular formula is C20H17ClF4N4O2. The number of ether oxygens (including phenoxy) is 1. The number of nitrogens with zero attached hydrogens (tertiary/aromatic N) is 3. The lowest BCUT2D eigenvalue weighted by molar-refractivity contribution is -0.143. The molecule has 0 saturated carbocycles. The largest absolute Gasteiger partial charge is 0.492 e. The molecular weight excluding hydrogens is 440 g/mol. The lowest BCUT2D eigenvalue weighted by Crippen LogP contribution is -2.21. The normalized spacial score (nSPS) is 11.6. The highest BCUT2D eigenvalue weighted by atomic mass is 35.5. The Labute approximate surface area is 179 Å². The molecule has 0 atom stereocenters. The van der Waals surface area contributed by atoms with E-state index in [0.717, 1.165) is 24.3 Å². The van der Waals surface area contributed by atoms with Gasteiger partial charge >= 0.3 is 6.18 Å². The van der Waals surface area contributed by atoms with Crippen molar-refractivity contribution in [1.82, 2.24) is 15.0 Å². The predicted octanol–water partition coefficient (Wildman–Crippen LogP) is 5.37. The van der Waals surface area contributed by atoms with Gasteiger partial charge in [-0.3, -0.25) is 4.79 Å². The number of hydrogen-bond acceptors (Lipinski definition) is 4. The van der Waals surface area contributed by atoms with Crippen LogP contribution in [0.2, 0.25) is 5.02 Å². The van der Waals surface area contributed by atoms with E-state index in [1.807, 2.05) is 13.8 Å². The molecule has 1 N–H and O–H groups in total. The maximum Gasteiger partial charge on any atom is 0.435 e. The Kier molecular flexibility index (Phi) is 6.49. The van der Waals surface area contributed by atoms with Crippen LogP contribution in [-0.4, -0.2) is 27.5 Å². The second kappa shape index (κ2) is 8.93. The van der Waals surface area contributed by atoms with Gasteiger partial charge in [0, 0.05) is 5.69 Å². The third-order valence-corrected chi connectivity index (χ3v) is 4.28. The molecule has 1 heterocycles. The second-order valence-electron chi connectivity index (χ2n) is 6.98. The minimum Gasteiger partial charge on any atom is -0.492 e. The van der Waals surface area contributed by atoms with Gasteiger partial charge in [0.05, 0.1) is 17.3 Å². The molecule has 11 heteroatoms. The van der Waals surface area contributed by atoms with Crippen molar-refractivity contribution in [2.24, 2.45) is 5.92 Å². The van der Waals surface area contributed by atoms with E-state index >= 15 is 0 Å². The van der Waals surface area contributed by atoms with E-state index in [0.29, 0.717) is 17.0 Å². The SMILES string of the molecule is CC(C)COc1ccc(NC(=O)c2nnn(-c3ccc(F)cc3)c2C(F)(F)F)cc1Cl. The summed E-state index contributed by atoms with van der Waals surface area (Å²) in [6.45, 7) is 4.34. The van der Waals surface area contributed by atoms with Crippen LogP contribution in [0.1, 0.15) is 30.0 Å². The molecule has 0 unspecified atom stereocenters. The number of alkyl halides is 3. The van der Waals surface area contributed by atoms with E-state index in [1.165, 1.54) is 18.2 Å². The number of benzene rings is 2. The highest BCUT2D eigenvalue weighted by Gasteiger charge is 2.42. The van der Waals surface area contributed by atoms with Crippen molar-refractivity contribution in [3.05, 3.63) is 64.7 Å². The van der Waals surface area contributed by atoms with Crippen molar-refractivity contribution in [2.45, 2.75) is 20.0 Å². The minimum absolute atomic E-state index is 0.102. The fraction of sp³-hybridized carbons (Fsp3) is 0.250. The fourth-order valence-corrected chi connectivity index (χ4v) is 2.83. The van der Waals surface area contributed by atoms with Crippen molar-refractivity contribution in [3.63, 3.8) is 0 Å². The summed E-state index contributed by atoms with van der Waals surface area (Å²) >= 11 is 6.12. The Hall–Kier alpha value is -3.14. The van der Waals surface area contributed by atoms with Crippen LogP contribution in [0, 0.1) is 11.7 Å². The maximum absolute atomic E-state index is 13.7. The van der Waals surface area contributed by atoms with Gasteiger partial charge in [0.15, 0.2) is 11.4 Å². The maximum atomic E-state index is 13.7. The summed E-state index contributed by atoms with van der Waals surface area (Å²) in [5, 5.41) is 9.34. The molecule has 3 aromatic rings. The van der Waals surface area contributed by atoms with E-state index in [2.05, 4.69) is 15.6 Å². The molecule has 0 radical (unpaired) electrons. The van der Waals surface area contributed by atoms with Gasteiger partial charge in [0.1, 0.15) is 11.6 Å². The molecule has 2 aromatic carbocycles. The average Bonchev–Trinajstić information content (AvgIpc) is 3.13. The number of carbonyl (C=O) groups excluding carboxylic acids is 1. The molecule has 6 nitrogen and oxygen atoms in total. The van der Waals surface area contributed by atoms with Crippen LogP contribution < -0.4 is 10.1 Å². The van der Waals surface area contributed by atoms with E-state index in [4.69, 9.17) is 16.3 Å². The number of hydrogen-bond donors (Lipinski definition) is 1. The van der Waals surface area contributed by atoms with E-state index in [1.54, 1.807) is 0 Å². The summed E-state index contributed by atoms with van der Waals surface area (Å²) in [4.78, 5) is 12.5. The Morgan fingerprint density at radius 3 is 2.45 bits per heavy atom. The first-order valence-electron chi connectivity index (χ1n) is 9.09. The van der Waals surface area contributed by atoms with Gasteiger partial charge in [0.25, 0.3) is 5.91 Å². The van der Waals surface area contributed by atoms with Crippen molar-refractivity contribution in [1.29, 1.82) is 0 Å². The first kappa shape index (κ1) is 22.5. The molecule has 1 amide bonds. The quantitative estimate of drug-likeness (QED) is 0.507. The zero-order valence-electron chi connectivity index (χ0n) is 16.4. The Morgan fingerprint density at radius 2 is 1.87 bits per heavy atom. The van der Waals surface area contributed by atoms with Crippen LogP contribution in [0.4, 0.5) is 23.2 Å². The van der Waals surface area contributed by atoms with Crippen molar-refractivity contribution < 1.29 is 27.1 Å². The van der Waals surface area contributed by atoms with Gasteiger partial charge in [-0.25, -0.2) is 9.07 Å². The van der Waals surface area contributed by atoms with Gasteiger partial charge in [0.2, 0.25) is 0 Å². The van der Waals surface area contributed by atoms with Crippen molar-refractivity contribution >= 4 is 23.2 Å². The zero-order valence-corrected chi connectivity index (χ0v) is 17.1. The highest BCUT2D eigenvalue weighted by Crippen LogP contribution is 2.33. The first-order chi connectivity index (χ1) is 14.6. The van der Waals surface area contributed by atoms with Crippen LogP contribution in [0.25, 0.3) is 5.69 Å². The number of aromatic nitrogens is 3. The van der Waals surface area contributed by atoms with Crippen molar-refractivity contribution in [2.75, 3.05) is 11.9 Å². The number of anilines is 1. The number of amides is 1. The Bertz CT molecular complexity index is 1080. The Morgan fingerprint density at radius 1 is 1.19 bits per heavy atom. The van der Waals surface area contributed by atoms with Gasteiger partial charge in [-0.2, -0.15) is 13.2 Å². The van der Waals surface area contributed by atoms with Gasteiger partial charge in [-0.05, 0) is 48.4 Å². The summed E-state index contributed by atoms with van der Waals surface area (Å²) in [6.07, 6.45) is -4.95. The molecule has 0 bridgehead atoms. The first-order valence-corrected chi connectivity index (χ1v) is 9.46. The Balaban J connectivity index is 1.88. The van der Waals surface area contributed by atoms with E-state index < -0.39 is 29.3 Å². The third kappa shape index (κ3) is 5.32. The predicted molar refractivity (Wildman–Crippen MR) is 106 cm³/mol. The van der Waals surface area contributed by atoms with E-state index in [9.17, 15) is 22.4 Å². The lowest BCUT2D eigenvalue weighted by atomic mass is 10.2. The molecule has 0 aliphatic carbocycles. The standard InChI is InChI=1S/C20H17ClF4N4O2/c1-11(2)10-31-16-8-5-13(9-15(16)21)26-19(30)17-18(20(23,24)25)29(28-27-17)14-6-3-12(22)4-7-14/h3-9,11H,10H2,1-2H3,(H,26,30). The van der Waals surface area contributed by atoms with Crippen LogP contribution in [0.15, 0.2) is 42.5 Å². The minimum atomic E-state index is -4.95. The summed E-state index contributed by atoms with van der Waals surface area (Å²) < 4.78 is 60.1. The smallest absolute Gasteiger partial charge is 0.435 e. The highest BCUT2D eigenvalue weighted by molar-refractivity contribution is 6.32. The number of nitrogens with one attached hydrogen (secondary N) is 1. The van der Waals surface area contributed by atoms with Gasteiger partial charge < -0.3 is 10.1 Å². The summed E-state index contributed by atoms with van der Waals surface area (Å²) in [5.74, 6) is -1.12. The summed E-state index contributed by atoms with van der Waals surface area (Å²) in [6, 6.07) is 8.43. The summed E-state index contributed by atoms with van der Waals surface area (Å²) in [5.41, 5.74) is -2.28. The molecule has 0 spiro atoms. The molecule has 0 aliphatic rings. The molecule has 164 valence electrons.